The van der Waals surface area contributed by atoms with Gasteiger partial charge in [0.2, 0.25) is 0 Å². The van der Waals surface area contributed by atoms with Crippen LogP contribution in [0, 0.1) is 11.8 Å². The van der Waals surface area contributed by atoms with Gasteiger partial charge in [-0.15, -0.1) is 0 Å². The van der Waals surface area contributed by atoms with E-state index in [9.17, 15) is 20.1 Å². The van der Waals surface area contributed by atoms with E-state index in [-0.39, 0.29) is 0 Å². The first-order valence-electron chi connectivity index (χ1n) is 8.62. The molecule has 1 fully saturated rings. The monoisotopic (exact) mass is 357 g/mol. The van der Waals surface area contributed by atoms with Gasteiger partial charge in [-0.2, -0.15) is 0 Å². The number of ether oxygens (including phenoxy) is 1. The van der Waals surface area contributed by atoms with Crippen LogP contribution in [0.1, 0.15) is 17.0 Å². The third-order valence-corrected chi connectivity index (χ3v) is 4.85. The van der Waals surface area contributed by atoms with Crippen LogP contribution in [0.25, 0.3) is 0 Å². The Bertz CT molecular complexity index is 717. The molecule has 0 bridgehead atoms. The predicted molar refractivity (Wildman–Crippen MR) is 95.7 cm³/mol. The molecule has 0 radical (unpaired) electrons. The molecule has 26 heavy (non-hydrogen) atoms. The molecule has 1 aliphatic rings. The molecule has 3 rings (SSSR count). The molecule has 0 aromatic heterocycles. The summed E-state index contributed by atoms with van der Waals surface area (Å²) in [4.78, 5) is 11.6. The second-order valence-electron chi connectivity index (χ2n) is 6.55. The Balaban J connectivity index is 1.75. The van der Waals surface area contributed by atoms with Crippen molar-refractivity contribution in [2.75, 3.05) is 13.1 Å². The first-order chi connectivity index (χ1) is 12.6. The molecule has 1 saturated heterocycles. The van der Waals surface area contributed by atoms with E-state index >= 15 is 0 Å². The summed E-state index contributed by atoms with van der Waals surface area (Å²) in [6.45, 7) is 1.11. The average Bonchev–Trinajstić information content (AvgIpc) is 2.67. The number of aliphatic hydroxyl groups is 2. The maximum absolute atomic E-state index is 11.6. The predicted octanol–water partition coefficient (Wildman–Crippen LogP) is 1.58. The van der Waals surface area contributed by atoms with Gasteiger partial charge in [0.1, 0.15) is 12.4 Å². The second-order valence-corrected chi connectivity index (χ2v) is 6.55. The number of rotatable bonds is 6. The van der Waals surface area contributed by atoms with Crippen LogP contribution in [-0.4, -0.2) is 40.7 Å². The van der Waals surface area contributed by atoms with Crippen molar-refractivity contribution in [2.24, 2.45) is 11.8 Å². The molecule has 2 aromatic rings. The smallest absolute Gasteiger partial charge is 0.308 e. The molecule has 138 valence electrons. The number of piperidine rings is 1. The molecule has 0 amide bonds. The molecule has 4 N–H and O–H groups in total. The van der Waals surface area contributed by atoms with Gasteiger partial charge in [-0.05, 0) is 23.3 Å². The minimum Gasteiger partial charge on any atom is -0.489 e. The molecular weight excluding hydrogens is 334 g/mol. The summed E-state index contributed by atoms with van der Waals surface area (Å²) in [5, 5.41) is 31.8. The number of benzene rings is 2. The number of aliphatic hydroxyl groups excluding tert-OH is 1. The Kier molecular flexibility index (Phi) is 5.88. The van der Waals surface area contributed by atoms with Gasteiger partial charge in [0.25, 0.3) is 0 Å². The van der Waals surface area contributed by atoms with E-state index in [2.05, 4.69) is 5.32 Å². The van der Waals surface area contributed by atoms with Gasteiger partial charge in [-0.3, -0.25) is 4.79 Å². The van der Waals surface area contributed by atoms with Gasteiger partial charge in [-0.1, -0.05) is 42.5 Å². The maximum Gasteiger partial charge on any atom is 0.308 e. The van der Waals surface area contributed by atoms with E-state index in [1.807, 2.05) is 42.5 Å². The molecule has 6 nitrogen and oxygen atoms in total. The lowest BCUT2D eigenvalue weighted by atomic mass is 9.74. The van der Waals surface area contributed by atoms with Gasteiger partial charge >= 0.3 is 5.97 Å². The Morgan fingerprint density at radius 3 is 2.38 bits per heavy atom. The SMILES string of the molecule is O=C(O)[C@H]1CNC[C@@H](C(O)O)[C@@H]1c1ccc(OCc2ccccc2)cc1. The van der Waals surface area contributed by atoms with Gasteiger partial charge in [0, 0.05) is 24.9 Å². The van der Waals surface area contributed by atoms with E-state index in [4.69, 9.17) is 4.74 Å². The first-order valence-corrected chi connectivity index (χ1v) is 8.62. The molecule has 1 heterocycles. The Hall–Kier alpha value is -2.41. The number of aliphatic carboxylic acids is 1. The fourth-order valence-corrected chi connectivity index (χ4v) is 3.50. The lowest BCUT2D eigenvalue weighted by Gasteiger charge is -2.37. The lowest BCUT2D eigenvalue weighted by Crippen LogP contribution is -2.49. The first kappa shape index (κ1) is 18.4. The number of carboxylic acids is 1. The topological polar surface area (TPSA) is 99.0 Å². The van der Waals surface area contributed by atoms with Crippen molar-refractivity contribution in [3.05, 3.63) is 65.7 Å². The molecule has 3 atom stereocenters. The fourth-order valence-electron chi connectivity index (χ4n) is 3.50. The zero-order valence-corrected chi connectivity index (χ0v) is 14.3. The number of hydrogen-bond acceptors (Lipinski definition) is 5. The summed E-state index contributed by atoms with van der Waals surface area (Å²) in [5.74, 6) is -2.04. The summed E-state index contributed by atoms with van der Waals surface area (Å²) in [7, 11) is 0. The summed E-state index contributed by atoms with van der Waals surface area (Å²) in [6, 6.07) is 17.0. The highest BCUT2D eigenvalue weighted by atomic mass is 16.5. The minimum atomic E-state index is -1.58. The highest BCUT2D eigenvalue weighted by molar-refractivity contribution is 5.72. The fraction of sp³-hybridized carbons (Fsp3) is 0.350. The van der Waals surface area contributed by atoms with E-state index in [0.29, 0.717) is 25.4 Å². The van der Waals surface area contributed by atoms with Crippen molar-refractivity contribution >= 4 is 5.97 Å². The highest BCUT2D eigenvalue weighted by Gasteiger charge is 2.41. The number of carbonyl (C=O) groups is 1. The van der Waals surface area contributed by atoms with Crippen molar-refractivity contribution in [1.29, 1.82) is 0 Å². The van der Waals surface area contributed by atoms with Crippen LogP contribution >= 0.6 is 0 Å². The maximum atomic E-state index is 11.6. The largest absolute Gasteiger partial charge is 0.489 e. The Morgan fingerprint density at radius 2 is 1.77 bits per heavy atom. The molecule has 6 heteroatoms. The van der Waals surface area contributed by atoms with Crippen LogP contribution in [0.2, 0.25) is 0 Å². The second kappa shape index (κ2) is 8.31. The molecule has 2 aromatic carbocycles. The summed E-state index contributed by atoms with van der Waals surface area (Å²) >= 11 is 0. The van der Waals surface area contributed by atoms with Crippen LogP contribution in [0.5, 0.6) is 5.75 Å². The van der Waals surface area contributed by atoms with Gasteiger partial charge in [0.15, 0.2) is 6.29 Å². The molecule has 0 spiro atoms. The van der Waals surface area contributed by atoms with Crippen molar-refractivity contribution in [3.8, 4) is 5.75 Å². The Morgan fingerprint density at radius 1 is 1.08 bits per heavy atom. The average molecular weight is 357 g/mol. The lowest BCUT2D eigenvalue weighted by molar-refractivity contribution is -0.148. The normalized spacial score (nSPS) is 23.0. The van der Waals surface area contributed by atoms with Crippen molar-refractivity contribution in [1.82, 2.24) is 5.32 Å². The molecule has 0 aliphatic carbocycles. The van der Waals surface area contributed by atoms with E-state index in [1.54, 1.807) is 12.1 Å². The van der Waals surface area contributed by atoms with Crippen LogP contribution in [0.4, 0.5) is 0 Å². The summed E-state index contributed by atoms with van der Waals surface area (Å²) < 4.78 is 5.76. The standard InChI is InChI=1S/C20H23NO5/c22-19(23)16-10-21-11-17(20(24)25)18(16)14-6-8-15(9-7-14)26-12-13-4-2-1-3-5-13/h1-9,16-19,21-23H,10-12H2,(H,24,25)/t16-,17+,18+/m1/s1. The zero-order valence-electron chi connectivity index (χ0n) is 14.3. The minimum absolute atomic E-state index is 0.301. The van der Waals surface area contributed by atoms with Crippen LogP contribution in [-0.2, 0) is 11.4 Å². The number of nitrogens with one attached hydrogen (secondary N) is 1. The summed E-state index contributed by atoms with van der Waals surface area (Å²) in [6.07, 6.45) is -1.58. The molecule has 0 unspecified atom stereocenters. The quantitative estimate of drug-likeness (QED) is 0.586. The highest BCUT2D eigenvalue weighted by Crippen LogP contribution is 2.37. The van der Waals surface area contributed by atoms with Gasteiger partial charge in [-0.25, -0.2) is 0 Å². The molecular formula is C20H23NO5. The van der Waals surface area contributed by atoms with E-state index < -0.39 is 30.0 Å². The third kappa shape index (κ3) is 4.22. The Labute approximate surface area is 152 Å². The van der Waals surface area contributed by atoms with E-state index in [0.717, 1.165) is 11.1 Å². The molecule has 0 saturated carbocycles. The van der Waals surface area contributed by atoms with Crippen LogP contribution in [0.15, 0.2) is 54.6 Å². The molecule has 1 aliphatic heterocycles. The number of hydrogen-bond donors (Lipinski definition) is 4. The van der Waals surface area contributed by atoms with Crippen molar-refractivity contribution in [3.63, 3.8) is 0 Å². The van der Waals surface area contributed by atoms with Crippen molar-refractivity contribution in [2.45, 2.75) is 18.8 Å². The zero-order chi connectivity index (χ0) is 18.5. The third-order valence-electron chi connectivity index (χ3n) is 4.85. The van der Waals surface area contributed by atoms with Crippen LogP contribution < -0.4 is 10.1 Å². The van der Waals surface area contributed by atoms with Crippen LogP contribution in [0.3, 0.4) is 0 Å². The van der Waals surface area contributed by atoms with Crippen molar-refractivity contribution < 1.29 is 24.9 Å². The van der Waals surface area contributed by atoms with Gasteiger partial charge in [0.05, 0.1) is 5.92 Å². The van der Waals surface area contributed by atoms with Gasteiger partial charge < -0.3 is 25.4 Å². The summed E-state index contributed by atoms with van der Waals surface area (Å²) in [5.41, 5.74) is 1.83. The number of carboxylic acid groups (broad SMARTS) is 1. The van der Waals surface area contributed by atoms with E-state index in [1.165, 1.54) is 0 Å².